The molecule has 15 heavy (non-hydrogen) atoms. The monoisotopic (exact) mass is 205 g/mol. The van der Waals surface area contributed by atoms with Crippen LogP contribution in [0, 0.1) is 6.92 Å². The van der Waals surface area contributed by atoms with Crippen molar-refractivity contribution in [2.75, 3.05) is 6.61 Å². The van der Waals surface area contributed by atoms with Gasteiger partial charge in [0.15, 0.2) is 0 Å². The van der Waals surface area contributed by atoms with Crippen molar-refractivity contribution in [3.05, 3.63) is 42.0 Å². The maximum atomic E-state index is 8.63. The summed E-state index contributed by atoms with van der Waals surface area (Å²) in [5.74, 6) is 0.824. The topological polar surface area (TPSA) is 41.8 Å². The van der Waals surface area contributed by atoms with Crippen LogP contribution in [0.15, 0.2) is 36.0 Å². The van der Waals surface area contributed by atoms with Crippen molar-refractivity contribution < 1.29 is 9.94 Å². The molecule has 0 unspecified atom stereocenters. The highest BCUT2D eigenvalue weighted by Gasteiger charge is 2.02. The average Bonchev–Trinajstić information content (AvgIpc) is 2.26. The molecule has 80 valence electrons. The summed E-state index contributed by atoms with van der Waals surface area (Å²) < 4.78 is 5.43. The smallest absolute Gasteiger partial charge is 0.122 e. The van der Waals surface area contributed by atoms with E-state index in [0.29, 0.717) is 12.3 Å². The second-order valence-electron chi connectivity index (χ2n) is 3.27. The van der Waals surface area contributed by atoms with Gasteiger partial charge in [-0.2, -0.15) is 0 Å². The quantitative estimate of drug-likeness (QED) is 0.355. The van der Waals surface area contributed by atoms with E-state index in [-0.39, 0.29) is 0 Å². The van der Waals surface area contributed by atoms with Gasteiger partial charge in [0.25, 0.3) is 0 Å². The number of oxime groups is 1. The van der Waals surface area contributed by atoms with Crippen LogP contribution in [-0.2, 0) is 0 Å². The second kappa shape index (κ2) is 5.20. The molecule has 3 heteroatoms. The van der Waals surface area contributed by atoms with Gasteiger partial charge in [-0.3, -0.25) is 0 Å². The molecule has 0 radical (unpaired) electrons. The zero-order valence-electron chi connectivity index (χ0n) is 9.03. The fourth-order valence-corrected chi connectivity index (χ4v) is 1.24. The standard InChI is InChI=1S/C12H15NO2/c1-4-7-15-12-6-5-11(8-9(12)2)10(3)13-14/h4-6,8,14H,1,7H2,2-3H3/b13-10+. The molecule has 0 amide bonds. The summed E-state index contributed by atoms with van der Waals surface area (Å²) in [5.41, 5.74) is 2.49. The predicted molar refractivity (Wildman–Crippen MR) is 60.9 cm³/mol. The molecule has 1 aromatic rings. The molecule has 1 rings (SSSR count). The molecule has 1 N–H and O–H groups in total. The highest BCUT2D eigenvalue weighted by atomic mass is 16.5. The summed E-state index contributed by atoms with van der Waals surface area (Å²) in [6.07, 6.45) is 1.70. The van der Waals surface area contributed by atoms with Crippen molar-refractivity contribution >= 4 is 5.71 Å². The van der Waals surface area contributed by atoms with Crippen molar-refractivity contribution in [2.45, 2.75) is 13.8 Å². The van der Waals surface area contributed by atoms with E-state index in [1.807, 2.05) is 25.1 Å². The Kier molecular flexibility index (Phi) is 3.92. The lowest BCUT2D eigenvalue weighted by atomic mass is 10.1. The third-order valence-electron chi connectivity index (χ3n) is 2.10. The lowest BCUT2D eigenvalue weighted by Crippen LogP contribution is -1.99. The summed E-state index contributed by atoms with van der Waals surface area (Å²) in [6, 6.07) is 5.65. The fraction of sp³-hybridized carbons (Fsp3) is 0.250. The minimum Gasteiger partial charge on any atom is -0.489 e. The van der Waals surface area contributed by atoms with E-state index in [0.717, 1.165) is 16.9 Å². The molecule has 0 saturated carbocycles. The zero-order chi connectivity index (χ0) is 11.3. The normalized spacial score (nSPS) is 11.2. The molecular weight excluding hydrogens is 190 g/mol. The fourth-order valence-electron chi connectivity index (χ4n) is 1.24. The largest absolute Gasteiger partial charge is 0.489 e. The lowest BCUT2D eigenvalue weighted by molar-refractivity contribution is 0.319. The first kappa shape index (κ1) is 11.3. The van der Waals surface area contributed by atoms with E-state index < -0.39 is 0 Å². The van der Waals surface area contributed by atoms with Crippen LogP contribution in [-0.4, -0.2) is 17.5 Å². The number of ether oxygens (including phenoxy) is 1. The number of nitrogens with zero attached hydrogens (tertiary/aromatic N) is 1. The van der Waals surface area contributed by atoms with E-state index in [4.69, 9.17) is 9.94 Å². The Morgan fingerprint density at radius 1 is 1.60 bits per heavy atom. The molecule has 0 spiro atoms. The number of hydrogen-bond donors (Lipinski definition) is 1. The Balaban J connectivity index is 2.92. The van der Waals surface area contributed by atoms with Crippen LogP contribution in [0.3, 0.4) is 0 Å². The van der Waals surface area contributed by atoms with Crippen LogP contribution in [0.5, 0.6) is 5.75 Å². The minimum absolute atomic E-state index is 0.493. The van der Waals surface area contributed by atoms with Crippen LogP contribution in [0.1, 0.15) is 18.1 Å². The van der Waals surface area contributed by atoms with Gasteiger partial charge in [-0.05, 0) is 43.2 Å². The van der Waals surface area contributed by atoms with Crippen LogP contribution in [0.4, 0.5) is 0 Å². The van der Waals surface area contributed by atoms with Crippen molar-refractivity contribution in [2.24, 2.45) is 5.16 Å². The molecule has 0 bridgehead atoms. The van der Waals surface area contributed by atoms with Crippen molar-refractivity contribution in [1.82, 2.24) is 0 Å². The molecule has 0 fully saturated rings. The van der Waals surface area contributed by atoms with Gasteiger partial charge >= 0.3 is 0 Å². The Hall–Kier alpha value is -1.77. The Labute approximate surface area is 89.7 Å². The van der Waals surface area contributed by atoms with Crippen molar-refractivity contribution in [3.8, 4) is 5.75 Å². The Morgan fingerprint density at radius 3 is 2.87 bits per heavy atom. The summed E-state index contributed by atoms with van der Waals surface area (Å²) in [7, 11) is 0. The van der Waals surface area contributed by atoms with Crippen molar-refractivity contribution in [3.63, 3.8) is 0 Å². The predicted octanol–water partition coefficient (Wildman–Crippen LogP) is 2.76. The first-order valence-corrected chi connectivity index (χ1v) is 4.72. The molecule has 0 aromatic heterocycles. The van der Waals surface area contributed by atoms with Gasteiger partial charge in [0.2, 0.25) is 0 Å². The maximum absolute atomic E-state index is 8.63. The van der Waals surface area contributed by atoms with E-state index in [2.05, 4.69) is 11.7 Å². The van der Waals surface area contributed by atoms with E-state index in [1.165, 1.54) is 0 Å². The number of hydrogen-bond acceptors (Lipinski definition) is 3. The molecule has 0 aliphatic rings. The van der Waals surface area contributed by atoms with Crippen LogP contribution >= 0.6 is 0 Å². The van der Waals surface area contributed by atoms with Gasteiger partial charge in [-0.25, -0.2) is 0 Å². The minimum atomic E-state index is 0.493. The second-order valence-corrected chi connectivity index (χ2v) is 3.27. The lowest BCUT2D eigenvalue weighted by Gasteiger charge is -2.08. The zero-order valence-corrected chi connectivity index (χ0v) is 9.03. The van der Waals surface area contributed by atoms with Crippen LogP contribution < -0.4 is 4.74 Å². The SMILES string of the molecule is C=CCOc1ccc(/C(C)=N/O)cc1C. The summed E-state index contributed by atoms with van der Waals surface area (Å²) in [6.45, 7) is 7.78. The summed E-state index contributed by atoms with van der Waals surface area (Å²) >= 11 is 0. The Morgan fingerprint density at radius 2 is 2.33 bits per heavy atom. The van der Waals surface area contributed by atoms with Gasteiger partial charge in [-0.1, -0.05) is 17.8 Å². The highest BCUT2D eigenvalue weighted by molar-refractivity contribution is 5.98. The van der Waals surface area contributed by atoms with Gasteiger partial charge in [-0.15, -0.1) is 0 Å². The van der Waals surface area contributed by atoms with Crippen LogP contribution in [0.25, 0.3) is 0 Å². The highest BCUT2D eigenvalue weighted by Crippen LogP contribution is 2.19. The van der Waals surface area contributed by atoms with E-state index in [1.54, 1.807) is 13.0 Å². The summed E-state index contributed by atoms with van der Waals surface area (Å²) in [5, 5.41) is 11.8. The number of aryl methyl sites for hydroxylation is 1. The van der Waals surface area contributed by atoms with Crippen LogP contribution in [0.2, 0.25) is 0 Å². The average molecular weight is 205 g/mol. The summed E-state index contributed by atoms with van der Waals surface area (Å²) in [4.78, 5) is 0. The molecule has 0 saturated heterocycles. The third-order valence-corrected chi connectivity index (χ3v) is 2.10. The Bertz CT molecular complexity index is 383. The third kappa shape index (κ3) is 2.84. The maximum Gasteiger partial charge on any atom is 0.122 e. The van der Waals surface area contributed by atoms with E-state index in [9.17, 15) is 0 Å². The van der Waals surface area contributed by atoms with Gasteiger partial charge in [0, 0.05) is 0 Å². The molecule has 3 nitrogen and oxygen atoms in total. The molecule has 0 heterocycles. The van der Waals surface area contributed by atoms with Crippen molar-refractivity contribution in [1.29, 1.82) is 0 Å². The number of rotatable bonds is 4. The molecular formula is C12H15NO2. The molecule has 0 atom stereocenters. The van der Waals surface area contributed by atoms with Gasteiger partial charge in [0.1, 0.15) is 12.4 Å². The van der Waals surface area contributed by atoms with Gasteiger partial charge < -0.3 is 9.94 Å². The number of benzene rings is 1. The van der Waals surface area contributed by atoms with Gasteiger partial charge in [0.05, 0.1) is 5.71 Å². The van der Waals surface area contributed by atoms with E-state index >= 15 is 0 Å². The first-order valence-electron chi connectivity index (χ1n) is 4.72. The molecule has 0 aliphatic carbocycles. The first-order chi connectivity index (χ1) is 7.19. The molecule has 0 aliphatic heterocycles. The molecule has 1 aromatic carbocycles.